The Morgan fingerprint density at radius 2 is 1.65 bits per heavy atom. The van der Waals surface area contributed by atoms with Gasteiger partial charge in [-0.1, -0.05) is 30.3 Å². The fraction of sp³-hybridized carbons (Fsp3) is 0.294. The molecule has 0 amide bonds. The molecule has 0 radical (unpaired) electrons. The van der Waals surface area contributed by atoms with Gasteiger partial charge in [-0.3, -0.25) is 0 Å². The van der Waals surface area contributed by atoms with E-state index in [0.29, 0.717) is 6.04 Å². The molecular weight excluding hydrogens is 256 g/mol. The summed E-state index contributed by atoms with van der Waals surface area (Å²) in [7, 11) is 4.10. The maximum absolute atomic E-state index is 13.5. The lowest BCUT2D eigenvalue weighted by Crippen LogP contribution is -2.17. The molecule has 0 saturated carbocycles. The minimum atomic E-state index is -0.788. The van der Waals surface area contributed by atoms with Crippen molar-refractivity contribution in [1.82, 2.24) is 4.90 Å². The zero-order valence-corrected chi connectivity index (χ0v) is 11.6. The summed E-state index contributed by atoms with van der Waals surface area (Å²) in [5.41, 5.74) is 3.35. The SMILES string of the molecule is CN(C)C1CC(c2ccc(F)c(F)c2)c2ccccc21. The van der Waals surface area contributed by atoms with E-state index in [4.69, 9.17) is 0 Å². The van der Waals surface area contributed by atoms with Gasteiger partial charge in [-0.25, -0.2) is 8.78 Å². The van der Waals surface area contributed by atoms with Gasteiger partial charge in [-0.05, 0) is 49.3 Å². The molecule has 0 aromatic heterocycles. The molecule has 1 aliphatic carbocycles. The standard InChI is InChI=1S/C17H17F2N/c1-20(2)17-10-14(12-5-3-4-6-13(12)17)11-7-8-15(18)16(19)9-11/h3-9,14,17H,10H2,1-2H3. The molecule has 0 bridgehead atoms. The second-order valence-electron chi connectivity index (χ2n) is 5.57. The molecule has 0 fully saturated rings. The molecule has 2 atom stereocenters. The highest BCUT2D eigenvalue weighted by Crippen LogP contribution is 2.45. The molecule has 2 aromatic rings. The highest BCUT2D eigenvalue weighted by atomic mass is 19.2. The third kappa shape index (κ3) is 2.12. The van der Waals surface area contributed by atoms with Crippen molar-refractivity contribution in [1.29, 1.82) is 0 Å². The average molecular weight is 273 g/mol. The maximum Gasteiger partial charge on any atom is 0.159 e. The lowest BCUT2D eigenvalue weighted by atomic mass is 9.93. The molecular formula is C17H17F2N. The molecule has 1 nitrogen and oxygen atoms in total. The maximum atomic E-state index is 13.5. The zero-order chi connectivity index (χ0) is 14.3. The Balaban J connectivity index is 2.05. The second-order valence-corrected chi connectivity index (χ2v) is 5.57. The molecule has 2 aromatic carbocycles. The van der Waals surface area contributed by atoms with Crippen molar-refractivity contribution in [2.24, 2.45) is 0 Å². The number of rotatable bonds is 2. The summed E-state index contributed by atoms with van der Waals surface area (Å²) in [6.45, 7) is 0. The highest BCUT2D eigenvalue weighted by Gasteiger charge is 2.32. The van der Waals surface area contributed by atoms with Gasteiger partial charge in [0.05, 0.1) is 0 Å². The van der Waals surface area contributed by atoms with Crippen LogP contribution in [0.3, 0.4) is 0 Å². The largest absolute Gasteiger partial charge is 0.302 e. The van der Waals surface area contributed by atoms with Crippen LogP contribution in [0.25, 0.3) is 0 Å². The van der Waals surface area contributed by atoms with Crippen LogP contribution >= 0.6 is 0 Å². The van der Waals surface area contributed by atoms with E-state index in [9.17, 15) is 8.78 Å². The van der Waals surface area contributed by atoms with E-state index in [1.165, 1.54) is 23.3 Å². The van der Waals surface area contributed by atoms with E-state index in [0.717, 1.165) is 12.0 Å². The van der Waals surface area contributed by atoms with E-state index in [2.05, 4.69) is 31.1 Å². The Morgan fingerprint density at radius 3 is 2.30 bits per heavy atom. The summed E-state index contributed by atoms with van der Waals surface area (Å²) in [5.74, 6) is -1.42. The number of hydrogen-bond acceptors (Lipinski definition) is 1. The van der Waals surface area contributed by atoms with Crippen LogP contribution in [0.2, 0.25) is 0 Å². The summed E-state index contributed by atoms with van der Waals surface area (Å²) in [6, 6.07) is 12.8. The Hall–Kier alpha value is -1.74. The van der Waals surface area contributed by atoms with Gasteiger partial charge >= 0.3 is 0 Å². The van der Waals surface area contributed by atoms with Gasteiger partial charge in [0, 0.05) is 12.0 Å². The Kier molecular flexibility index (Phi) is 3.30. The molecule has 0 saturated heterocycles. The van der Waals surface area contributed by atoms with Crippen LogP contribution in [-0.2, 0) is 0 Å². The summed E-state index contributed by atoms with van der Waals surface area (Å²) >= 11 is 0. The van der Waals surface area contributed by atoms with Crippen molar-refractivity contribution in [2.45, 2.75) is 18.4 Å². The Labute approximate surface area is 117 Å². The van der Waals surface area contributed by atoms with Crippen molar-refractivity contribution >= 4 is 0 Å². The summed E-state index contributed by atoms with van der Waals surface area (Å²) < 4.78 is 26.6. The van der Waals surface area contributed by atoms with Gasteiger partial charge in [-0.15, -0.1) is 0 Å². The van der Waals surface area contributed by atoms with Crippen molar-refractivity contribution in [3.8, 4) is 0 Å². The molecule has 0 N–H and O–H groups in total. The minimum Gasteiger partial charge on any atom is -0.302 e. The fourth-order valence-electron chi connectivity index (χ4n) is 3.14. The smallest absolute Gasteiger partial charge is 0.159 e. The van der Waals surface area contributed by atoms with Crippen LogP contribution in [0.15, 0.2) is 42.5 Å². The lowest BCUT2D eigenvalue weighted by Gasteiger charge is -2.20. The third-order valence-corrected chi connectivity index (χ3v) is 4.16. The van der Waals surface area contributed by atoms with Crippen molar-refractivity contribution < 1.29 is 8.78 Å². The topological polar surface area (TPSA) is 3.24 Å². The highest BCUT2D eigenvalue weighted by molar-refractivity contribution is 5.44. The third-order valence-electron chi connectivity index (χ3n) is 4.16. The Morgan fingerprint density at radius 1 is 0.950 bits per heavy atom. The predicted molar refractivity (Wildman–Crippen MR) is 75.7 cm³/mol. The van der Waals surface area contributed by atoms with Crippen molar-refractivity contribution in [2.75, 3.05) is 14.1 Å². The molecule has 0 spiro atoms. The normalized spacial score (nSPS) is 21.2. The molecule has 20 heavy (non-hydrogen) atoms. The van der Waals surface area contributed by atoms with E-state index in [-0.39, 0.29) is 5.92 Å². The van der Waals surface area contributed by atoms with Crippen LogP contribution in [0.1, 0.15) is 35.1 Å². The van der Waals surface area contributed by atoms with Gasteiger partial charge in [0.1, 0.15) is 0 Å². The molecule has 0 heterocycles. The van der Waals surface area contributed by atoms with Crippen LogP contribution in [0.4, 0.5) is 8.78 Å². The van der Waals surface area contributed by atoms with Crippen molar-refractivity contribution in [3.05, 3.63) is 70.8 Å². The van der Waals surface area contributed by atoms with E-state index in [1.807, 2.05) is 12.1 Å². The first-order valence-corrected chi connectivity index (χ1v) is 6.78. The molecule has 3 rings (SSSR count). The molecule has 0 aliphatic heterocycles. The first-order valence-electron chi connectivity index (χ1n) is 6.78. The number of halogens is 2. The number of fused-ring (bicyclic) bond motifs is 1. The van der Waals surface area contributed by atoms with Gasteiger partial charge in [0.25, 0.3) is 0 Å². The summed E-state index contributed by atoms with van der Waals surface area (Å²) in [4.78, 5) is 2.18. The van der Waals surface area contributed by atoms with Gasteiger partial charge < -0.3 is 4.90 Å². The molecule has 2 unspecified atom stereocenters. The quantitative estimate of drug-likeness (QED) is 0.796. The first kappa shape index (κ1) is 13.3. The van der Waals surface area contributed by atoms with Gasteiger partial charge in [0.15, 0.2) is 11.6 Å². The van der Waals surface area contributed by atoms with E-state index in [1.54, 1.807) is 6.07 Å². The first-order chi connectivity index (χ1) is 9.58. The molecule has 3 heteroatoms. The molecule has 104 valence electrons. The van der Waals surface area contributed by atoms with E-state index >= 15 is 0 Å². The average Bonchev–Trinajstić information content (AvgIpc) is 2.82. The van der Waals surface area contributed by atoms with Crippen LogP contribution in [-0.4, -0.2) is 19.0 Å². The fourth-order valence-corrected chi connectivity index (χ4v) is 3.14. The summed E-state index contributed by atoms with van der Waals surface area (Å²) in [5, 5.41) is 0. The summed E-state index contributed by atoms with van der Waals surface area (Å²) in [6.07, 6.45) is 0.900. The van der Waals surface area contributed by atoms with Crippen LogP contribution in [0, 0.1) is 11.6 Å². The number of nitrogens with zero attached hydrogens (tertiary/aromatic N) is 1. The Bertz CT molecular complexity index is 637. The second kappa shape index (κ2) is 4.98. The predicted octanol–water partition coefficient (Wildman–Crippen LogP) is 4.10. The minimum absolute atomic E-state index is 0.133. The van der Waals surface area contributed by atoms with Crippen LogP contribution < -0.4 is 0 Å². The van der Waals surface area contributed by atoms with E-state index < -0.39 is 11.6 Å². The van der Waals surface area contributed by atoms with Gasteiger partial charge in [0.2, 0.25) is 0 Å². The van der Waals surface area contributed by atoms with Crippen LogP contribution in [0.5, 0.6) is 0 Å². The monoisotopic (exact) mass is 273 g/mol. The lowest BCUT2D eigenvalue weighted by molar-refractivity contribution is 0.293. The van der Waals surface area contributed by atoms with Crippen molar-refractivity contribution in [3.63, 3.8) is 0 Å². The number of hydrogen-bond donors (Lipinski definition) is 0. The number of benzene rings is 2. The molecule has 1 aliphatic rings. The zero-order valence-electron chi connectivity index (χ0n) is 11.6. The van der Waals surface area contributed by atoms with Gasteiger partial charge in [-0.2, -0.15) is 0 Å².